The number of carbonyl (C=O) groups excluding carboxylic acids is 1. The van der Waals surface area contributed by atoms with Gasteiger partial charge in [-0.15, -0.1) is 6.58 Å². The maximum absolute atomic E-state index is 16.1. The molecule has 1 aliphatic heterocycles. The lowest BCUT2D eigenvalue weighted by Gasteiger charge is -2.44. The first-order valence-electron chi connectivity index (χ1n) is 15.1. The number of likely N-dealkylation sites (tertiary alicyclic amines) is 1. The summed E-state index contributed by atoms with van der Waals surface area (Å²) in [6.45, 7) is 9.88. The smallest absolute Gasteiger partial charge is 0.339 e. The van der Waals surface area contributed by atoms with Crippen molar-refractivity contribution >= 4 is 41.3 Å². The zero-order valence-corrected chi connectivity index (χ0v) is 28.2. The number of carbonyl (C=O) groups is 2. The molecule has 0 spiro atoms. The van der Waals surface area contributed by atoms with Crippen molar-refractivity contribution in [3.8, 4) is 11.8 Å². The van der Waals surface area contributed by atoms with Gasteiger partial charge >= 0.3 is 5.97 Å². The lowest BCUT2D eigenvalue weighted by atomic mass is 9.64. The molecule has 1 fully saturated rings. The highest BCUT2D eigenvalue weighted by molar-refractivity contribution is 6.31. The molecule has 3 aromatic rings. The number of carboxylic acids is 1. The fourth-order valence-corrected chi connectivity index (χ4v) is 7.09. The molecule has 4 atom stereocenters. The van der Waals surface area contributed by atoms with Crippen LogP contribution < -0.4 is 9.64 Å². The van der Waals surface area contributed by atoms with Crippen molar-refractivity contribution in [3.63, 3.8) is 0 Å². The summed E-state index contributed by atoms with van der Waals surface area (Å²) in [4.78, 5) is 28.2. The van der Waals surface area contributed by atoms with Crippen LogP contribution in [-0.2, 0) is 10.2 Å². The highest BCUT2D eigenvalue weighted by Crippen LogP contribution is 2.55. The third kappa shape index (κ3) is 7.01. The monoisotopic (exact) mass is 683 g/mol. The number of methoxy groups -OCH3 is 1. The molecule has 0 bridgehead atoms. The van der Waals surface area contributed by atoms with Crippen LogP contribution in [0.5, 0.6) is 5.75 Å². The molecule has 1 amide bonds. The molecule has 0 aromatic heterocycles. The van der Waals surface area contributed by atoms with Crippen LogP contribution in [0.2, 0.25) is 10.0 Å². The summed E-state index contributed by atoms with van der Waals surface area (Å²) >= 11 is 12.4. The van der Waals surface area contributed by atoms with Crippen LogP contribution in [0.3, 0.4) is 0 Å². The Bertz CT molecular complexity index is 1710. The van der Waals surface area contributed by atoms with Crippen molar-refractivity contribution in [1.82, 2.24) is 4.90 Å². The molecule has 3 aromatic carbocycles. The molecule has 0 radical (unpaired) electrons. The first-order chi connectivity index (χ1) is 22.2. The second-order valence-electron chi connectivity index (χ2n) is 12.8. The van der Waals surface area contributed by atoms with Gasteiger partial charge in [0.05, 0.1) is 24.4 Å². The Balaban J connectivity index is 2.04. The highest BCUT2D eigenvalue weighted by atomic mass is 35.5. The molecular formula is C36H37Cl2F2N3O4. The van der Waals surface area contributed by atoms with Gasteiger partial charge in [0, 0.05) is 40.8 Å². The van der Waals surface area contributed by atoms with Crippen LogP contribution in [0, 0.1) is 28.4 Å². The van der Waals surface area contributed by atoms with Crippen molar-refractivity contribution in [2.45, 2.75) is 63.6 Å². The van der Waals surface area contributed by atoms with Crippen molar-refractivity contribution in [2.75, 3.05) is 18.6 Å². The van der Waals surface area contributed by atoms with E-state index in [9.17, 15) is 20.0 Å². The topological polar surface area (TPSA) is 93.9 Å². The van der Waals surface area contributed by atoms with Gasteiger partial charge in [-0.05, 0) is 60.6 Å². The van der Waals surface area contributed by atoms with E-state index in [1.807, 2.05) is 25.7 Å². The summed E-state index contributed by atoms with van der Waals surface area (Å²) in [7, 11) is 1.33. The Labute approximate surface area is 283 Å². The SMILES string of the molecule is C=CCCC(N(C=O)c1ccc(C(=O)O)c(OC)c1)N1CC(c2cccc(Cl)c2F)[C@@](C#N)(c2ccc(Cl)cc2F)C1CC(C)(C)C. The van der Waals surface area contributed by atoms with Crippen LogP contribution in [0.25, 0.3) is 0 Å². The summed E-state index contributed by atoms with van der Waals surface area (Å²) in [5.41, 5.74) is -1.64. The maximum Gasteiger partial charge on any atom is 0.339 e. The normalized spacial score (nSPS) is 20.3. The summed E-state index contributed by atoms with van der Waals surface area (Å²) in [6, 6.07) is 14.7. The molecule has 1 heterocycles. The molecule has 1 saturated heterocycles. The zero-order valence-electron chi connectivity index (χ0n) is 26.6. The molecule has 1 N–H and O–H groups in total. The number of hydrogen-bond acceptors (Lipinski definition) is 5. The number of hydrogen-bond donors (Lipinski definition) is 1. The van der Waals surface area contributed by atoms with E-state index >= 15 is 8.78 Å². The van der Waals surface area contributed by atoms with Crippen molar-refractivity contribution < 1.29 is 28.2 Å². The molecule has 0 saturated carbocycles. The van der Waals surface area contributed by atoms with Gasteiger partial charge in [0.25, 0.3) is 0 Å². The number of carboxylic acid groups (broad SMARTS) is 1. The number of halogens is 4. The van der Waals surface area contributed by atoms with Gasteiger partial charge in [-0.1, -0.05) is 68.2 Å². The molecule has 7 nitrogen and oxygen atoms in total. The number of aromatic carboxylic acids is 1. The Kier molecular flexibility index (Phi) is 11.0. The number of ether oxygens (including phenoxy) is 1. The van der Waals surface area contributed by atoms with E-state index in [-0.39, 0.29) is 39.0 Å². The average molecular weight is 685 g/mol. The van der Waals surface area contributed by atoms with Crippen LogP contribution in [-0.4, -0.2) is 48.2 Å². The third-order valence-corrected chi connectivity index (χ3v) is 9.28. The maximum atomic E-state index is 16.1. The average Bonchev–Trinajstić information content (AvgIpc) is 3.32. The van der Waals surface area contributed by atoms with E-state index in [0.717, 1.165) is 6.07 Å². The summed E-state index contributed by atoms with van der Waals surface area (Å²) in [5.74, 6) is -3.51. The number of benzene rings is 3. The third-order valence-electron chi connectivity index (χ3n) is 8.75. The van der Waals surface area contributed by atoms with Gasteiger partial charge in [0.1, 0.15) is 28.4 Å². The van der Waals surface area contributed by atoms with Crippen LogP contribution in [0.4, 0.5) is 14.5 Å². The van der Waals surface area contributed by atoms with E-state index in [4.69, 9.17) is 27.9 Å². The standard InChI is InChI=1S/C36H37Cl2F2N3O4/c1-6-7-11-32(43(21-44)23-13-14-25(34(45)46)30(17-23)47-5)42-19-27(24-9-8-10-28(38)33(24)40)36(20-41,31(42)18-35(2,3)4)26-15-12-22(37)16-29(26)39/h6,8-10,12-17,21,27,31-32H,1,7,11,18-19H2,2-5H3,(H,45,46)/t27?,31?,32?,36-/m1/s1. The minimum atomic E-state index is -1.67. The Hall–Kier alpha value is -3.97. The Morgan fingerprint density at radius 1 is 1.23 bits per heavy atom. The lowest BCUT2D eigenvalue weighted by Crippen LogP contribution is -2.54. The fraction of sp³-hybridized carbons (Fsp3) is 0.361. The summed E-state index contributed by atoms with van der Waals surface area (Å²) in [6.07, 6.45) is 2.70. The molecule has 11 heteroatoms. The highest BCUT2D eigenvalue weighted by Gasteiger charge is 2.60. The summed E-state index contributed by atoms with van der Waals surface area (Å²) in [5, 5.41) is 20.9. The fourth-order valence-electron chi connectivity index (χ4n) is 6.75. The number of nitrogens with zero attached hydrogens (tertiary/aromatic N) is 3. The quantitative estimate of drug-likeness (QED) is 0.152. The molecular weight excluding hydrogens is 647 g/mol. The number of nitriles is 1. The minimum absolute atomic E-state index is 0.0458. The Morgan fingerprint density at radius 2 is 1.96 bits per heavy atom. The predicted octanol–water partition coefficient (Wildman–Crippen LogP) is 8.60. The largest absolute Gasteiger partial charge is 0.496 e. The van der Waals surface area contributed by atoms with Crippen molar-refractivity contribution in [2.24, 2.45) is 5.41 Å². The van der Waals surface area contributed by atoms with E-state index in [0.29, 0.717) is 31.4 Å². The number of amides is 1. The molecule has 4 rings (SSSR count). The minimum Gasteiger partial charge on any atom is -0.496 e. The first-order valence-corrected chi connectivity index (χ1v) is 15.8. The lowest BCUT2D eigenvalue weighted by molar-refractivity contribution is -0.108. The van der Waals surface area contributed by atoms with Gasteiger partial charge in [-0.2, -0.15) is 5.26 Å². The number of allylic oxidation sites excluding steroid dienone is 1. The van der Waals surface area contributed by atoms with Crippen LogP contribution in [0.1, 0.15) is 67.4 Å². The zero-order chi connectivity index (χ0) is 34.7. The molecule has 248 valence electrons. The molecule has 1 aliphatic rings. The van der Waals surface area contributed by atoms with E-state index in [2.05, 4.69) is 12.6 Å². The van der Waals surface area contributed by atoms with Crippen molar-refractivity contribution in [3.05, 3.63) is 106 Å². The van der Waals surface area contributed by atoms with E-state index in [1.54, 1.807) is 18.2 Å². The van der Waals surface area contributed by atoms with Gasteiger partial charge < -0.3 is 9.84 Å². The first kappa shape index (κ1) is 35.9. The van der Waals surface area contributed by atoms with E-state index < -0.39 is 46.6 Å². The molecule has 3 unspecified atom stereocenters. The summed E-state index contributed by atoms with van der Waals surface area (Å²) < 4.78 is 37.4. The van der Waals surface area contributed by atoms with Crippen LogP contribution in [0.15, 0.2) is 67.3 Å². The van der Waals surface area contributed by atoms with Gasteiger partial charge in [0.2, 0.25) is 6.41 Å². The van der Waals surface area contributed by atoms with Crippen LogP contribution >= 0.6 is 23.2 Å². The van der Waals surface area contributed by atoms with Gasteiger partial charge in [-0.25, -0.2) is 13.6 Å². The Morgan fingerprint density at radius 3 is 2.53 bits per heavy atom. The van der Waals surface area contributed by atoms with Crippen molar-refractivity contribution in [1.29, 1.82) is 5.26 Å². The second-order valence-corrected chi connectivity index (χ2v) is 13.7. The van der Waals surface area contributed by atoms with E-state index in [1.165, 1.54) is 48.4 Å². The second kappa shape index (κ2) is 14.4. The molecule has 0 aliphatic carbocycles. The predicted molar refractivity (Wildman–Crippen MR) is 179 cm³/mol. The van der Waals surface area contributed by atoms with Gasteiger partial charge in [-0.3, -0.25) is 14.6 Å². The number of rotatable bonds is 12. The van der Waals surface area contributed by atoms with Gasteiger partial charge in [0.15, 0.2) is 0 Å². The number of anilines is 1. The molecule has 47 heavy (non-hydrogen) atoms.